The number of hydrogen-bond donors (Lipinski definition) is 2. The van der Waals surface area contributed by atoms with Gasteiger partial charge in [-0.25, -0.2) is 13.1 Å². The second-order valence-corrected chi connectivity index (χ2v) is 10.4. The van der Waals surface area contributed by atoms with Crippen LogP contribution in [0, 0.1) is 0 Å². The lowest BCUT2D eigenvalue weighted by Gasteiger charge is -2.26. The van der Waals surface area contributed by atoms with E-state index in [1.165, 1.54) is 11.1 Å². The number of benzene rings is 2. The van der Waals surface area contributed by atoms with E-state index in [0.29, 0.717) is 6.54 Å². The van der Waals surface area contributed by atoms with Crippen LogP contribution in [0.15, 0.2) is 54.6 Å². The first-order chi connectivity index (χ1) is 13.9. The Labute approximate surface area is 175 Å². The summed E-state index contributed by atoms with van der Waals surface area (Å²) in [4.78, 5) is 2.28. The fourth-order valence-electron chi connectivity index (χ4n) is 4.04. The molecule has 2 aromatic rings. The Balaban J connectivity index is 1.74. The van der Waals surface area contributed by atoms with Crippen LogP contribution in [-0.2, 0) is 16.6 Å². The highest BCUT2D eigenvalue weighted by Crippen LogP contribution is 2.36. The maximum absolute atomic E-state index is 12.3. The van der Waals surface area contributed by atoms with Gasteiger partial charge in [-0.1, -0.05) is 48.9 Å². The van der Waals surface area contributed by atoms with Gasteiger partial charge in [0.2, 0.25) is 10.0 Å². The van der Waals surface area contributed by atoms with Crippen molar-refractivity contribution in [3.05, 3.63) is 65.7 Å². The molecule has 1 fully saturated rings. The zero-order valence-electron chi connectivity index (χ0n) is 17.4. The van der Waals surface area contributed by atoms with Gasteiger partial charge < -0.3 is 10.6 Å². The van der Waals surface area contributed by atoms with Crippen molar-refractivity contribution in [1.82, 2.24) is 4.72 Å². The van der Waals surface area contributed by atoms with Crippen LogP contribution in [0.5, 0.6) is 0 Å². The Kier molecular flexibility index (Phi) is 7.33. The van der Waals surface area contributed by atoms with Crippen molar-refractivity contribution in [2.24, 2.45) is 5.73 Å². The molecule has 0 radical (unpaired) electrons. The molecule has 5 nitrogen and oxygen atoms in total. The average molecular weight is 416 g/mol. The van der Waals surface area contributed by atoms with E-state index in [1.807, 2.05) is 6.07 Å². The van der Waals surface area contributed by atoms with Gasteiger partial charge in [-0.05, 0) is 49.9 Å². The number of hydrogen-bond acceptors (Lipinski definition) is 4. The predicted molar refractivity (Wildman–Crippen MR) is 121 cm³/mol. The van der Waals surface area contributed by atoms with Gasteiger partial charge in [0.1, 0.15) is 0 Å². The van der Waals surface area contributed by atoms with E-state index in [2.05, 4.69) is 58.2 Å². The summed E-state index contributed by atoms with van der Waals surface area (Å²) in [5.41, 5.74) is 9.44. The first-order valence-corrected chi connectivity index (χ1v) is 12.1. The average Bonchev–Trinajstić information content (AvgIpc) is 3.16. The Hall–Kier alpha value is -1.89. The lowest BCUT2D eigenvalue weighted by Crippen LogP contribution is -2.40. The van der Waals surface area contributed by atoms with Crippen molar-refractivity contribution >= 4 is 15.7 Å². The number of anilines is 1. The van der Waals surface area contributed by atoms with Crippen LogP contribution >= 0.6 is 0 Å². The van der Waals surface area contributed by atoms with Gasteiger partial charge >= 0.3 is 0 Å². The van der Waals surface area contributed by atoms with Crippen LogP contribution in [0.2, 0.25) is 0 Å². The summed E-state index contributed by atoms with van der Waals surface area (Å²) in [5, 5.41) is -0.408. The fourth-order valence-corrected chi connectivity index (χ4v) is 5.01. The summed E-state index contributed by atoms with van der Waals surface area (Å²) < 4.78 is 27.6. The van der Waals surface area contributed by atoms with Crippen molar-refractivity contribution in [1.29, 1.82) is 0 Å². The Morgan fingerprint density at radius 1 is 1.07 bits per heavy atom. The second-order valence-electron chi connectivity index (χ2n) is 8.14. The maximum Gasteiger partial charge on any atom is 0.214 e. The molecule has 6 heteroatoms. The van der Waals surface area contributed by atoms with Crippen molar-refractivity contribution in [2.75, 3.05) is 18.0 Å². The molecule has 1 aliphatic rings. The molecule has 0 bridgehead atoms. The van der Waals surface area contributed by atoms with Crippen LogP contribution in [0.4, 0.5) is 5.69 Å². The molecule has 0 aromatic heterocycles. The van der Waals surface area contributed by atoms with Crippen LogP contribution in [-0.4, -0.2) is 32.8 Å². The van der Waals surface area contributed by atoms with Crippen LogP contribution in [0.1, 0.15) is 50.2 Å². The topological polar surface area (TPSA) is 75.4 Å². The largest absolute Gasteiger partial charge is 0.366 e. The normalized spacial score (nSPS) is 19.6. The first kappa shape index (κ1) is 21.8. The van der Waals surface area contributed by atoms with E-state index < -0.39 is 15.3 Å². The summed E-state index contributed by atoms with van der Waals surface area (Å²) in [7, 11) is -3.26. The highest BCUT2D eigenvalue weighted by molar-refractivity contribution is 7.90. The SMILES string of the molecule is CC(C)S(=O)(=O)NC1CCCC1c1ccc(N(CCN)Cc2ccccc2)cc1. The van der Waals surface area contributed by atoms with Gasteiger partial charge in [-0.2, -0.15) is 0 Å². The summed E-state index contributed by atoms with van der Waals surface area (Å²) >= 11 is 0. The zero-order chi connectivity index (χ0) is 20.9. The minimum atomic E-state index is -3.26. The van der Waals surface area contributed by atoms with E-state index in [4.69, 9.17) is 5.73 Å². The van der Waals surface area contributed by atoms with E-state index >= 15 is 0 Å². The molecule has 0 heterocycles. The van der Waals surface area contributed by atoms with Gasteiger partial charge in [0.25, 0.3) is 0 Å². The Morgan fingerprint density at radius 3 is 2.38 bits per heavy atom. The van der Waals surface area contributed by atoms with Gasteiger partial charge in [-0.15, -0.1) is 0 Å². The molecule has 158 valence electrons. The molecule has 29 heavy (non-hydrogen) atoms. The summed E-state index contributed by atoms with van der Waals surface area (Å²) in [6.45, 7) is 5.64. The van der Waals surface area contributed by atoms with Crippen molar-refractivity contribution in [3.8, 4) is 0 Å². The number of sulfonamides is 1. The van der Waals surface area contributed by atoms with E-state index in [0.717, 1.165) is 38.0 Å². The van der Waals surface area contributed by atoms with Crippen molar-refractivity contribution in [2.45, 2.75) is 56.9 Å². The number of nitrogens with two attached hydrogens (primary N) is 1. The van der Waals surface area contributed by atoms with E-state index in [1.54, 1.807) is 13.8 Å². The van der Waals surface area contributed by atoms with Crippen molar-refractivity contribution in [3.63, 3.8) is 0 Å². The minimum absolute atomic E-state index is 0.0160. The molecular weight excluding hydrogens is 382 g/mol. The molecule has 0 aliphatic heterocycles. The number of rotatable bonds is 9. The number of nitrogens with zero attached hydrogens (tertiary/aromatic N) is 1. The van der Waals surface area contributed by atoms with Crippen LogP contribution in [0.25, 0.3) is 0 Å². The molecule has 0 amide bonds. The molecule has 3 N–H and O–H groups in total. The molecule has 2 unspecified atom stereocenters. The van der Waals surface area contributed by atoms with Gasteiger partial charge in [0, 0.05) is 37.3 Å². The number of nitrogens with one attached hydrogen (secondary N) is 1. The molecule has 2 aromatic carbocycles. The lowest BCUT2D eigenvalue weighted by atomic mass is 9.94. The molecule has 2 atom stereocenters. The highest BCUT2D eigenvalue weighted by atomic mass is 32.2. The smallest absolute Gasteiger partial charge is 0.214 e. The summed E-state index contributed by atoms with van der Waals surface area (Å²) in [5.74, 6) is 0.231. The Morgan fingerprint density at radius 2 is 1.76 bits per heavy atom. The van der Waals surface area contributed by atoms with E-state index in [-0.39, 0.29) is 12.0 Å². The van der Waals surface area contributed by atoms with Gasteiger partial charge in [0.15, 0.2) is 0 Å². The monoisotopic (exact) mass is 415 g/mol. The zero-order valence-corrected chi connectivity index (χ0v) is 18.2. The van der Waals surface area contributed by atoms with Gasteiger partial charge in [0.05, 0.1) is 5.25 Å². The molecule has 3 rings (SSSR count). The summed E-state index contributed by atoms with van der Waals surface area (Å²) in [6, 6.07) is 18.9. The van der Waals surface area contributed by atoms with Crippen LogP contribution in [0.3, 0.4) is 0 Å². The Bertz CT molecular complexity index is 867. The van der Waals surface area contributed by atoms with Gasteiger partial charge in [-0.3, -0.25) is 0 Å². The fraction of sp³-hybridized carbons (Fsp3) is 0.478. The van der Waals surface area contributed by atoms with Crippen LogP contribution < -0.4 is 15.4 Å². The molecule has 0 saturated heterocycles. The maximum atomic E-state index is 12.3. The summed E-state index contributed by atoms with van der Waals surface area (Å²) in [6.07, 6.45) is 2.96. The highest BCUT2D eigenvalue weighted by Gasteiger charge is 2.32. The first-order valence-electron chi connectivity index (χ1n) is 10.5. The second kappa shape index (κ2) is 9.74. The lowest BCUT2D eigenvalue weighted by molar-refractivity contribution is 0.519. The third kappa shape index (κ3) is 5.59. The molecule has 1 aliphatic carbocycles. The third-order valence-electron chi connectivity index (χ3n) is 5.75. The predicted octanol–water partition coefficient (Wildman–Crippen LogP) is 3.62. The minimum Gasteiger partial charge on any atom is -0.366 e. The third-order valence-corrected chi connectivity index (χ3v) is 7.63. The quantitative estimate of drug-likeness (QED) is 0.656. The van der Waals surface area contributed by atoms with Crippen molar-refractivity contribution < 1.29 is 8.42 Å². The molecular formula is C23H33N3O2S. The molecule has 1 saturated carbocycles. The molecule has 0 spiro atoms. The van der Waals surface area contributed by atoms with E-state index in [9.17, 15) is 8.42 Å². The standard InChI is InChI=1S/C23H33N3O2S/c1-18(2)29(27,28)25-23-10-6-9-22(23)20-11-13-21(14-12-20)26(16-15-24)17-19-7-4-3-5-8-19/h3-5,7-8,11-14,18,22-23,25H,6,9-10,15-17,24H2,1-2H3.